The van der Waals surface area contributed by atoms with Crippen molar-refractivity contribution in [1.82, 2.24) is 5.32 Å². The first-order valence-corrected chi connectivity index (χ1v) is 7.77. The fraction of sp³-hybridized carbons (Fsp3) is 0.600. The quantitative estimate of drug-likeness (QED) is 0.672. The fourth-order valence-electron chi connectivity index (χ4n) is 1.98. The van der Waals surface area contributed by atoms with Crippen molar-refractivity contribution in [3.8, 4) is 5.75 Å². The second kappa shape index (κ2) is 9.34. The number of phenols is 1. The van der Waals surface area contributed by atoms with Gasteiger partial charge in [-0.2, -0.15) is 0 Å². The summed E-state index contributed by atoms with van der Waals surface area (Å²) in [5.74, 6) is 0.352. The largest absolute Gasteiger partial charge is 0.508 e. The second-order valence-electron chi connectivity index (χ2n) is 4.58. The molecule has 1 aromatic rings. The van der Waals surface area contributed by atoms with E-state index in [0.717, 1.165) is 49.1 Å². The molecule has 0 aliphatic heterocycles. The van der Waals surface area contributed by atoms with E-state index in [4.69, 9.17) is 4.74 Å². The van der Waals surface area contributed by atoms with E-state index in [9.17, 15) is 5.11 Å². The number of hydrogen-bond acceptors (Lipinski definition) is 3. The monoisotopic (exact) mass is 329 g/mol. The van der Waals surface area contributed by atoms with E-state index < -0.39 is 0 Å². The van der Waals surface area contributed by atoms with Crippen LogP contribution in [0.15, 0.2) is 22.7 Å². The first-order valence-electron chi connectivity index (χ1n) is 6.98. The van der Waals surface area contributed by atoms with Crippen molar-refractivity contribution >= 4 is 15.9 Å². The van der Waals surface area contributed by atoms with Crippen LogP contribution >= 0.6 is 15.9 Å². The molecule has 1 aromatic carbocycles. The molecule has 19 heavy (non-hydrogen) atoms. The molecule has 3 nitrogen and oxygen atoms in total. The van der Waals surface area contributed by atoms with E-state index in [1.807, 2.05) is 12.1 Å². The van der Waals surface area contributed by atoms with Gasteiger partial charge in [-0.15, -0.1) is 0 Å². The van der Waals surface area contributed by atoms with Gasteiger partial charge in [0.25, 0.3) is 0 Å². The summed E-state index contributed by atoms with van der Waals surface area (Å²) in [7, 11) is 0. The second-order valence-corrected chi connectivity index (χ2v) is 5.50. The summed E-state index contributed by atoms with van der Waals surface area (Å²) in [6.45, 7) is 6.76. The molecule has 0 spiro atoms. The Balaban J connectivity index is 2.42. The average molecular weight is 330 g/mol. The first kappa shape index (κ1) is 16.5. The lowest BCUT2D eigenvalue weighted by Gasteiger charge is -2.19. The molecule has 108 valence electrons. The van der Waals surface area contributed by atoms with Crippen LogP contribution < -0.4 is 5.32 Å². The molecule has 0 aliphatic carbocycles. The molecule has 0 saturated carbocycles. The molecule has 2 N–H and O–H groups in total. The molecular weight excluding hydrogens is 306 g/mol. The summed E-state index contributed by atoms with van der Waals surface area (Å²) in [5.41, 5.74) is 0.950. The van der Waals surface area contributed by atoms with Gasteiger partial charge in [0, 0.05) is 29.3 Å². The third-order valence-electron chi connectivity index (χ3n) is 2.98. The number of nitrogens with one attached hydrogen (secondary N) is 1. The average Bonchev–Trinajstić information content (AvgIpc) is 2.41. The smallest absolute Gasteiger partial charge is 0.120 e. The predicted octanol–water partition coefficient (Wildman–Crippen LogP) is 4.01. The number of ether oxygens (including phenoxy) is 1. The summed E-state index contributed by atoms with van der Waals surface area (Å²) in [5, 5.41) is 13.4. The molecule has 4 heteroatoms. The van der Waals surface area contributed by atoms with Gasteiger partial charge in [0.1, 0.15) is 5.75 Å². The van der Waals surface area contributed by atoms with E-state index in [1.165, 1.54) is 0 Å². The summed E-state index contributed by atoms with van der Waals surface area (Å²) < 4.78 is 6.44. The molecular formula is C15H24BrNO2. The van der Waals surface area contributed by atoms with Crippen LogP contribution in [0.3, 0.4) is 0 Å². The SMILES string of the molecule is CCCOCCCNC(CC)c1cc(Br)ccc1O. The number of rotatable bonds is 9. The van der Waals surface area contributed by atoms with Crippen molar-refractivity contribution in [3.63, 3.8) is 0 Å². The Kier molecular flexibility index (Phi) is 8.10. The molecule has 0 heterocycles. The van der Waals surface area contributed by atoms with Crippen LogP contribution in [0, 0.1) is 0 Å². The maximum atomic E-state index is 9.92. The lowest BCUT2D eigenvalue weighted by Crippen LogP contribution is -2.23. The molecule has 0 fully saturated rings. The van der Waals surface area contributed by atoms with Crippen molar-refractivity contribution in [2.24, 2.45) is 0 Å². The first-order chi connectivity index (χ1) is 9.19. The standard InChI is InChI=1S/C15H24BrNO2/c1-3-9-19-10-5-8-17-14(4-2)13-11-12(16)6-7-15(13)18/h6-7,11,14,17-18H,3-5,8-10H2,1-2H3. The van der Waals surface area contributed by atoms with Crippen molar-refractivity contribution in [2.45, 2.75) is 39.2 Å². The van der Waals surface area contributed by atoms with Crippen molar-refractivity contribution in [2.75, 3.05) is 19.8 Å². The van der Waals surface area contributed by atoms with Crippen LogP contribution in [0.25, 0.3) is 0 Å². The Morgan fingerprint density at radius 1 is 1.32 bits per heavy atom. The van der Waals surface area contributed by atoms with Gasteiger partial charge in [0.2, 0.25) is 0 Å². The summed E-state index contributed by atoms with van der Waals surface area (Å²) in [6.07, 6.45) is 3.00. The maximum Gasteiger partial charge on any atom is 0.120 e. The zero-order valence-corrected chi connectivity index (χ0v) is 13.4. The lowest BCUT2D eigenvalue weighted by atomic mass is 10.0. The Morgan fingerprint density at radius 3 is 2.79 bits per heavy atom. The topological polar surface area (TPSA) is 41.5 Å². The molecule has 0 amide bonds. The Hall–Kier alpha value is -0.580. The maximum absolute atomic E-state index is 9.92. The van der Waals surface area contributed by atoms with Gasteiger partial charge in [0.05, 0.1) is 0 Å². The Bertz CT molecular complexity index is 371. The number of aromatic hydroxyl groups is 1. The van der Waals surface area contributed by atoms with Crippen LogP contribution in [0.1, 0.15) is 44.7 Å². The normalized spacial score (nSPS) is 12.6. The summed E-state index contributed by atoms with van der Waals surface area (Å²) >= 11 is 3.45. The van der Waals surface area contributed by atoms with Gasteiger partial charge in [0.15, 0.2) is 0 Å². The van der Waals surface area contributed by atoms with Gasteiger partial charge in [-0.3, -0.25) is 0 Å². The molecule has 1 rings (SSSR count). The van der Waals surface area contributed by atoms with Crippen molar-refractivity contribution in [1.29, 1.82) is 0 Å². The van der Waals surface area contributed by atoms with E-state index in [-0.39, 0.29) is 6.04 Å². The third kappa shape index (κ3) is 5.93. The summed E-state index contributed by atoms with van der Waals surface area (Å²) in [4.78, 5) is 0. The van der Waals surface area contributed by atoms with Crippen LogP contribution in [-0.2, 0) is 4.74 Å². The molecule has 0 bridgehead atoms. The number of benzene rings is 1. The number of phenolic OH excluding ortho intramolecular Hbond substituents is 1. The minimum atomic E-state index is 0.184. The third-order valence-corrected chi connectivity index (χ3v) is 3.47. The van der Waals surface area contributed by atoms with Gasteiger partial charge in [-0.05, 0) is 44.0 Å². The molecule has 0 aliphatic rings. The highest BCUT2D eigenvalue weighted by atomic mass is 79.9. The molecule has 0 radical (unpaired) electrons. The van der Waals surface area contributed by atoms with Crippen LogP contribution in [-0.4, -0.2) is 24.9 Å². The van der Waals surface area contributed by atoms with Gasteiger partial charge in [-0.25, -0.2) is 0 Å². The zero-order valence-electron chi connectivity index (χ0n) is 11.8. The molecule has 1 unspecified atom stereocenters. The van der Waals surface area contributed by atoms with E-state index in [1.54, 1.807) is 6.07 Å². The minimum absolute atomic E-state index is 0.184. The number of halogens is 1. The van der Waals surface area contributed by atoms with Gasteiger partial charge < -0.3 is 15.2 Å². The van der Waals surface area contributed by atoms with Crippen molar-refractivity contribution < 1.29 is 9.84 Å². The Morgan fingerprint density at radius 2 is 2.11 bits per heavy atom. The summed E-state index contributed by atoms with van der Waals surface area (Å²) in [6, 6.07) is 5.74. The van der Waals surface area contributed by atoms with E-state index in [0.29, 0.717) is 5.75 Å². The minimum Gasteiger partial charge on any atom is -0.508 e. The Labute approximate surface area is 124 Å². The molecule has 1 atom stereocenters. The van der Waals surface area contributed by atoms with Crippen LogP contribution in [0.4, 0.5) is 0 Å². The number of hydrogen-bond donors (Lipinski definition) is 2. The van der Waals surface area contributed by atoms with E-state index >= 15 is 0 Å². The van der Waals surface area contributed by atoms with Gasteiger partial charge >= 0.3 is 0 Å². The zero-order chi connectivity index (χ0) is 14.1. The highest BCUT2D eigenvalue weighted by Gasteiger charge is 2.13. The predicted molar refractivity (Wildman–Crippen MR) is 82.6 cm³/mol. The fourth-order valence-corrected chi connectivity index (χ4v) is 2.35. The highest BCUT2D eigenvalue weighted by molar-refractivity contribution is 9.10. The van der Waals surface area contributed by atoms with Crippen molar-refractivity contribution in [3.05, 3.63) is 28.2 Å². The molecule has 0 aromatic heterocycles. The van der Waals surface area contributed by atoms with Gasteiger partial charge in [-0.1, -0.05) is 29.8 Å². The van der Waals surface area contributed by atoms with E-state index in [2.05, 4.69) is 35.1 Å². The molecule has 0 saturated heterocycles. The van der Waals surface area contributed by atoms with Crippen LogP contribution in [0.5, 0.6) is 5.75 Å². The van der Waals surface area contributed by atoms with Crippen LogP contribution in [0.2, 0.25) is 0 Å². The highest BCUT2D eigenvalue weighted by Crippen LogP contribution is 2.29. The lowest BCUT2D eigenvalue weighted by molar-refractivity contribution is 0.131.